The first kappa shape index (κ1) is 12.4. The molecule has 0 aliphatic heterocycles. The van der Waals surface area contributed by atoms with E-state index >= 15 is 0 Å². The number of carbonyl (C=O) groups is 1. The van der Waals surface area contributed by atoms with E-state index in [1.165, 1.54) is 12.8 Å². The number of halogens is 1. The zero-order chi connectivity index (χ0) is 12.3. The molecular formula is C14H17ClO2. The first-order valence-corrected chi connectivity index (χ1v) is 6.52. The highest BCUT2D eigenvalue weighted by Crippen LogP contribution is 2.41. The minimum absolute atomic E-state index is 0.0729. The van der Waals surface area contributed by atoms with Gasteiger partial charge in [0, 0.05) is 5.02 Å². The molecule has 1 aliphatic rings. The van der Waals surface area contributed by atoms with Gasteiger partial charge in [-0.25, -0.2) is 0 Å². The maximum atomic E-state index is 11.0. The van der Waals surface area contributed by atoms with Crippen molar-refractivity contribution in [2.75, 3.05) is 0 Å². The SMILES string of the molecule is O=C(O)CC(c1ccccc1Cl)C1CCCC1. The highest BCUT2D eigenvalue weighted by molar-refractivity contribution is 6.31. The average Bonchev–Trinajstić information content (AvgIpc) is 2.80. The van der Waals surface area contributed by atoms with Crippen molar-refractivity contribution in [3.8, 4) is 0 Å². The molecular weight excluding hydrogens is 236 g/mol. The van der Waals surface area contributed by atoms with E-state index in [-0.39, 0.29) is 12.3 Å². The molecule has 2 rings (SSSR count). The third-order valence-corrected chi connectivity index (χ3v) is 4.01. The van der Waals surface area contributed by atoms with Gasteiger partial charge in [0.1, 0.15) is 0 Å². The third-order valence-electron chi connectivity index (χ3n) is 3.67. The minimum Gasteiger partial charge on any atom is -0.481 e. The Morgan fingerprint density at radius 3 is 2.59 bits per heavy atom. The fraction of sp³-hybridized carbons (Fsp3) is 0.500. The molecule has 0 radical (unpaired) electrons. The van der Waals surface area contributed by atoms with Gasteiger partial charge < -0.3 is 5.11 Å². The highest BCUT2D eigenvalue weighted by Gasteiger charge is 2.29. The van der Waals surface area contributed by atoms with Gasteiger partial charge >= 0.3 is 5.97 Å². The molecule has 17 heavy (non-hydrogen) atoms. The molecule has 1 atom stereocenters. The largest absolute Gasteiger partial charge is 0.481 e. The lowest BCUT2D eigenvalue weighted by atomic mass is 9.82. The van der Waals surface area contributed by atoms with Crippen LogP contribution in [-0.2, 0) is 4.79 Å². The summed E-state index contributed by atoms with van der Waals surface area (Å²) in [7, 11) is 0. The predicted octanol–water partition coefficient (Wildman–Crippen LogP) is 4.09. The summed E-state index contributed by atoms with van der Waals surface area (Å²) in [5.41, 5.74) is 1.00. The fourth-order valence-corrected chi connectivity index (χ4v) is 3.13. The summed E-state index contributed by atoms with van der Waals surface area (Å²) in [6.45, 7) is 0. The van der Waals surface area contributed by atoms with Gasteiger partial charge in [-0.15, -0.1) is 0 Å². The molecule has 1 fully saturated rings. The summed E-state index contributed by atoms with van der Waals surface area (Å²) in [4.78, 5) is 11.0. The quantitative estimate of drug-likeness (QED) is 0.876. The number of hydrogen-bond acceptors (Lipinski definition) is 1. The summed E-state index contributed by atoms with van der Waals surface area (Å²) in [6, 6.07) is 7.64. The van der Waals surface area contributed by atoms with E-state index in [2.05, 4.69) is 0 Å². The predicted molar refractivity (Wildman–Crippen MR) is 68.4 cm³/mol. The van der Waals surface area contributed by atoms with Crippen molar-refractivity contribution >= 4 is 17.6 Å². The number of aliphatic carboxylic acids is 1. The van der Waals surface area contributed by atoms with Crippen LogP contribution >= 0.6 is 11.6 Å². The second-order valence-electron chi connectivity index (χ2n) is 4.77. The van der Waals surface area contributed by atoms with Gasteiger partial charge in [-0.2, -0.15) is 0 Å². The number of hydrogen-bond donors (Lipinski definition) is 1. The normalized spacial score (nSPS) is 18.2. The summed E-state index contributed by atoms with van der Waals surface area (Å²) >= 11 is 6.19. The smallest absolute Gasteiger partial charge is 0.303 e. The van der Waals surface area contributed by atoms with Crippen LogP contribution in [0.5, 0.6) is 0 Å². The summed E-state index contributed by atoms with van der Waals surface area (Å²) in [5, 5.41) is 9.75. The fourth-order valence-electron chi connectivity index (χ4n) is 2.85. The third kappa shape index (κ3) is 3.01. The zero-order valence-corrected chi connectivity index (χ0v) is 10.5. The van der Waals surface area contributed by atoms with Crippen molar-refractivity contribution in [2.45, 2.75) is 38.0 Å². The molecule has 0 amide bonds. The number of benzene rings is 1. The Kier molecular flexibility index (Phi) is 4.06. The lowest BCUT2D eigenvalue weighted by Gasteiger charge is -2.23. The minimum atomic E-state index is -0.734. The molecule has 1 saturated carbocycles. The van der Waals surface area contributed by atoms with Crippen LogP contribution in [-0.4, -0.2) is 11.1 Å². The Morgan fingerprint density at radius 2 is 2.00 bits per heavy atom. The molecule has 1 aliphatic carbocycles. The highest BCUT2D eigenvalue weighted by atomic mass is 35.5. The van der Waals surface area contributed by atoms with Crippen molar-refractivity contribution in [3.63, 3.8) is 0 Å². The number of carboxylic acid groups (broad SMARTS) is 1. The summed E-state index contributed by atoms with van der Waals surface area (Å²) in [5.74, 6) is -0.184. The van der Waals surface area contributed by atoms with E-state index < -0.39 is 5.97 Å². The molecule has 3 heteroatoms. The summed E-state index contributed by atoms with van der Waals surface area (Å²) < 4.78 is 0. The lowest BCUT2D eigenvalue weighted by molar-refractivity contribution is -0.137. The second-order valence-corrected chi connectivity index (χ2v) is 5.18. The first-order valence-electron chi connectivity index (χ1n) is 6.14. The van der Waals surface area contributed by atoms with Crippen molar-refractivity contribution in [2.24, 2.45) is 5.92 Å². The molecule has 1 aromatic carbocycles. The van der Waals surface area contributed by atoms with E-state index in [0.29, 0.717) is 10.9 Å². The monoisotopic (exact) mass is 252 g/mol. The van der Waals surface area contributed by atoms with Crippen LogP contribution in [0.4, 0.5) is 0 Å². The van der Waals surface area contributed by atoms with Gasteiger partial charge in [-0.3, -0.25) is 4.79 Å². The van der Waals surface area contributed by atoms with Crippen LogP contribution in [0.3, 0.4) is 0 Å². The second kappa shape index (κ2) is 5.54. The van der Waals surface area contributed by atoms with Crippen molar-refractivity contribution in [1.29, 1.82) is 0 Å². The Balaban J connectivity index is 2.25. The maximum absolute atomic E-state index is 11.0. The van der Waals surface area contributed by atoms with E-state index in [0.717, 1.165) is 18.4 Å². The van der Waals surface area contributed by atoms with E-state index in [9.17, 15) is 4.79 Å². The van der Waals surface area contributed by atoms with Crippen molar-refractivity contribution in [3.05, 3.63) is 34.9 Å². The van der Waals surface area contributed by atoms with Gasteiger partial charge in [0.2, 0.25) is 0 Å². The van der Waals surface area contributed by atoms with Gasteiger partial charge in [0.25, 0.3) is 0 Å². The van der Waals surface area contributed by atoms with Crippen molar-refractivity contribution in [1.82, 2.24) is 0 Å². The maximum Gasteiger partial charge on any atom is 0.303 e. The van der Waals surface area contributed by atoms with Crippen LogP contribution in [0, 0.1) is 5.92 Å². The van der Waals surface area contributed by atoms with Crippen LogP contribution in [0.1, 0.15) is 43.6 Å². The van der Waals surface area contributed by atoms with Crippen LogP contribution in [0.2, 0.25) is 5.02 Å². The molecule has 1 unspecified atom stereocenters. The zero-order valence-electron chi connectivity index (χ0n) is 9.73. The first-order chi connectivity index (χ1) is 8.18. The van der Waals surface area contributed by atoms with Crippen LogP contribution < -0.4 is 0 Å². The molecule has 0 aromatic heterocycles. The molecule has 1 aromatic rings. The van der Waals surface area contributed by atoms with Crippen LogP contribution in [0.15, 0.2) is 24.3 Å². The molecule has 0 heterocycles. The Labute approximate surface area is 107 Å². The molecule has 2 nitrogen and oxygen atoms in total. The van der Waals surface area contributed by atoms with Gasteiger partial charge in [0.15, 0.2) is 0 Å². The Morgan fingerprint density at radius 1 is 1.35 bits per heavy atom. The van der Waals surface area contributed by atoms with Crippen LogP contribution in [0.25, 0.3) is 0 Å². The average molecular weight is 253 g/mol. The number of rotatable bonds is 4. The van der Waals surface area contributed by atoms with Gasteiger partial charge in [-0.1, -0.05) is 42.6 Å². The topological polar surface area (TPSA) is 37.3 Å². The molecule has 1 N–H and O–H groups in total. The molecule has 0 saturated heterocycles. The molecule has 92 valence electrons. The Bertz CT molecular complexity index is 397. The summed E-state index contributed by atoms with van der Waals surface area (Å²) in [6.07, 6.45) is 4.87. The molecule has 0 bridgehead atoms. The van der Waals surface area contributed by atoms with E-state index in [1.807, 2.05) is 24.3 Å². The standard InChI is InChI=1S/C14H17ClO2/c15-13-8-4-3-7-11(13)12(9-14(16)17)10-5-1-2-6-10/h3-4,7-8,10,12H,1-2,5-6,9H2,(H,16,17). The molecule has 0 spiro atoms. The lowest BCUT2D eigenvalue weighted by Crippen LogP contribution is -2.14. The Hall–Kier alpha value is -1.02. The van der Waals surface area contributed by atoms with E-state index in [4.69, 9.17) is 16.7 Å². The van der Waals surface area contributed by atoms with E-state index in [1.54, 1.807) is 0 Å². The van der Waals surface area contributed by atoms with Crippen molar-refractivity contribution < 1.29 is 9.90 Å². The van der Waals surface area contributed by atoms with Gasteiger partial charge in [-0.05, 0) is 36.3 Å². The number of carboxylic acids is 1. The van der Waals surface area contributed by atoms with Gasteiger partial charge in [0.05, 0.1) is 6.42 Å².